The van der Waals surface area contributed by atoms with Gasteiger partial charge in [-0.15, -0.1) is 0 Å². The molecule has 0 aliphatic carbocycles. The third-order valence-electron chi connectivity index (χ3n) is 3.27. The van der Waals surface area contributed by atoms with Crippen LogP contribution in [-0.2, 0) is 0 Å². The van der Waals surface area contributed by atoms with Crippen molar-refractivity contribution < 1.29 is 27.8 Å². The highest BCUT2D eigenvalue weighted by Gasteiger charge is 2.29. The van der Waals surface area contributed by atoms with E-state index in [1.165, 1.54) is 24.3 Å². The third kappa shape index (κ3) is 8.15. The van der Waals surface area contributed by atoms with E-state index >= 15 is 0 Å². The number of rotatable bonds is 11. The molecule has 0 fully saturated rings. The number of alkyl halides is 3. The lowest BCUT2D eigenvalue weighted by atomic mass is 10.2. The molecule has 10 nitrogen and oxygen atoms in total. The predicted octanol–water partition coefficient (Wildman–Crippen LogP) is 1.21. The summed E-state index contributed by atoms with van der Waals surface area (Å²) in [7, 11) is 0. The van der Waals surface area contributed by atoms with Gasteiger partial charge in [0.25, 0.3) is 0 Å². The van der Waals surface area contributed by atoms with Crippen LogP contribution in [0.25, 0.3) is 0 Å². The van der Waals surface area contributed by atoms with Crippen molar-refractivity contribution in [1.82, 2.24) is 20.3 Å². The summed E-state index contributed by atoms with van der Waals surface area (Å²) in [6, 6.07) is 5.13. The number of halogens is 3. The van der Waals surface area contributed by atoms with E-state index in [0.29, 0.717) is 31.9 Å². The molecule has 0 atom stereocenters. The fraction of sp³-hybridized carbons (Fsp3) is 0.375. The minimum Gasteiger partial charge on any atom is -0.478 e. The highest BCUT2D eigenvalue weighted by Crippen LogP contribution is 2.20. The van der Waals surface area contributed by atoms with Gasteiger partial charge in [-0.05, 0) is 24.3 Å². The first kappa shape index (κ1) is 22.1. The smallest absolute Gasteiger partial charge is 0.422 e. The molecule has 0 radical (unpaired) electrons. The lowest BCUT2D eigenvalue weighted by molar-refractivity contribution is -0.154. The summed E-state index contributed by atoms with van der Waals surface area (Å²) in [6.07, 6.45) is -4.55. The molecule has 6 N–H and O–H groups in total. The van der Waals surface area contributed by atoms with Gasteiger partial charge in [-0.3, -0.25) is 0 Å². The number of benzene rings is 1. The molecule has 0 aliphatic rings. The van der Waals surface area contributed by atoms with Gasteiger partial charge < -0.3 is 31.5 Å². The van der Waals surface area contributed by atoms with Crippen molar-refractivity contribution in [1.29, 1.82) is 0 Å². The van der Waals surface area contributed by atoms with E-state index in [0.717, 1.165) is 0 Å². The van der Waals surface area contributed by atoms with Crippen molar-refractivity contribution in [3.8, 4) is 6.01 Å². The van der Waals surface area contributed by atoms with Crippen LogP contribution in [0.2, 0.25) is 0 Å². The predicted molar refractivity (Wildman–Crippen MR) is 98.5 cm³/mol. The molecular formula is C16H20F3N7O3. The van der Waals surface area contributed by atoms with E-state index in [-0.39, 0.29) is 17.5 Å². The number of aromatic nitrogens is 3. The number of hydrogen-bond donors (Lipinski definition) is 5. The average Bonchev–Trinajstić information content (AvgIpc) is 2.66. The van der Waals surface area contributed by atoms with Gasteiger partial charge in [0.2, 0.25) is 11.9 Å². The molecule has 2 rings (SSSR count). The van der Waals surface area contributed by atoms with Gasteiger partial charge in [0, 0.05) is 31.9 Å². The van der Waals surface area contributed by atoms with Crippen molar-refractivity contribution in [2.24, 2.45) is 5.73 Å². The first-order valence-corrected chi connectivity index (χ1v) is 8.47. The molecule has 1 aromatic carbocycles. The number of aromatic carboxylic acids is 1. The number of carbonyl (C=O) groups is 1. The van der Waals surface area contributed by atoms with E-state index in [1.54, 1.807) is 0 Å². The normalized spacial score (nSPS) is 11.2. The van der Waals surface area contributed by atoms with Crippen LogP contribution in [0.5, 0.6) is 6.01 Å². The van der Waals surface area contributed by atoms with Gasteiger partial charge in [-0.25, -0.2) is 4.79 Å². The second-order valence-electron chi connectivity index (χ2n) is 5.64. The fourth-order valence-electron chi connectivity index (χ4n) is 2.02. The Kier molecular flexibility index (Phi) is 7.91. The third-order valence-corrected chi connectivity index (χ3v) is 3.27. The molecule has 1 heterocycles. The molecule has 1 aromatic heterocycles. The Labute approximate surface area is 163 Å². The maximum Gasteiger partial charge on any atom is 0.422 e. The molecule has 0 saturated carbocycles. The SMILES string of the molecule is NCCNCCNc1nc(Nc2ccc(C(=O)O)cc2)nc(OCC(F)(F)F)n1. The Hall–Kier alpha value is -3.19. The molecule has 2 aromatic rings. The van der Waals surface area contributed by atoms with Gasteiger partial charge in [0.1, 0.15) is 0 Å². The van der Waals surface area contributed by atoms with Crippen molar-refractivity contribution >= 4 is 23.6 Å². The Morgan fingerprint density at radius 1 is 1.07 bits per heavy atom. The number of nitrogens with one attached hydrogen (secondary N) is 3. The molecule has 158 valence electrons. The largest absolute Gasteiger partial charge is 0.478 e. The monoisotopic (exact) mass is 415 g/mol. The van der Waals surface area contributed by atoms with Crippen molar-refractivity contribution in [3.63, 3.8) is 0 Å². The molecule has 0 spiro atoms. The van der Waals surface area contributed by atoms with Gasteiger partial charge in [-0.2, -0.15) is 28.1 Å². The lowest BCUT2D eigenvalue weighted by Gasteiger charge is -2.12. The number of carboxylic acids is 1. The van der Waals surface area contributed by atoms with E-state index in [4.69, 9.17) is 10.8 Å². The highest BCUT2D eigenvalue weighted by molar-refractivity contribution is 5.88. The van der Waals surface area contributed by atoms with E-state index < -0.39 is 24.8 Å². The maximum absolute atomic E-state index is 12.4. The number of carboxylic acid groups (broad SMARTS) is 1. The highest BCUT2D eigenvalue weighted by atomic mass is 19.4. The molecule has 0 aliphatic heterocycles. The summed E-state index contributed by atoms with van der Waals surface area (Å²) in [5.74, 6) is -1.15. The van der Waals surface area contributed by atoms with Crippen molar-refractivity contribution in [2.75, 3.05) is 43.4 Å². The fourth-order valence-corrected chi connectivity index (χ4v) is 2.02. The number of nitrogens with zero attached hydrogens (tertiary/aromatic N) is 3. The first-order valence-electron chi connectivity index (χ1n) is 8.47. The van der Waals surface area contributed by atoms with Crippen LogP contribution in [-0.4, -0.2) is 65.0 Å². The lowest BCUT2D eigenvalue weighted by Crippen LogP contribution is -2.28. The summed E-state index contributed by atoms with van der Waals surface area (Å²) >= 11 is 0. The van der Waals surface area contributed by atoms with Crippen molar-refractivity contribution in [2.45, 2.75) is 6.18 Å². The Morgan fingerprint density at radius 3 is 2.38 bits per heavy atom. The summed E-state index contributed by atoms with van der Waals surface area (Å²) < 4.78 is 41.9. The number of nitrogens with two attached hydrogens (primary N) is 1. The second kappa shape index (κ2) is 10.4. The maximum atomic E-state index is 12.4. The summed E-state index contributed by atoms with van der Waals surface area (Å²) in [4.78, 5) is 22.6. The number of hydrogen-bond acceptors (Lipinski definition) is 9. The number of ether oxygens (including phenoxy) is 1. The quantitative estimate of drug-likeness (QED) is 0.339. The van der Waals surface area contributed by atoms with Gasteiger partial charge in [0.05, 0.1) is 5.56 Å². The minimum absolute atomic E-state index is 0.0105. The van der Waals surface area contributed by atoms with Crippen LogP contribution >= 0.6 is 0 Å². The Balaban J connectivity index is 2.12. The van der Waals surface area contributed by atoms with Crippen molar-refractivity contribution in [3.05, 3.63) is 29.8 Å². The van der Waals surface area contributed by atoms with Crippen LogP contribution in [0.4, 0.5) is 30.8 Å². The van der Waals surface area contributed by atoms with Crippen LogP contribution in [0.3, 0.4) is 0 Å². The van der Waals surface area contributed by atoms with Crippen LogP contribution in [0.15, 0.2) is 24.3 Å². The van der Waals surface area contributed by atoms with E-state index in [2.05, 4.69) is 35.6 Å². The molecule has 0 bridgehead atoms. The second-order valence-corrected chi connectivity index (χ2v) is 5.64. The van der Waals surface area contributed by atoms with E-state index in [9.17, 15) is 18.0 Å². The first-order chi connectivity index (χ1) is 13.8. The zero-order chi connectivity index (χ0) is 21.3. The molecule has 0 amide bonds. The van der Waals surface area contributed by atoms with Gasteiger partial charge >= 0.3 is 18.2 Å². The topological polar surface area (TPSA) is 147 Å². The summed E-state index contributed by atoms with van der Waals surface area (Å²) in [5.41, 5.74) is 5.87. The standard InChI is InChI=1S/C16H20F3N7O3/c17-16(18,19)9-29-15-25-13(22-8-7-21-6-5-20)24-14(26-15)23-11-3-1-10(2-4-11)12(27)28/h1-4,21H,5-9,20H2,(H,27,28)(H2,22,23,24,25,26). The summed E-state index contributed by atoms with van der Waals surface area (Å²) in [6.45, 7) is 0.436. The molecule has 0 saturated heterocycles. The van der Waals surface area contributed by atoms with Crippen LogP contribution < -0.4 is 26.4 Å². The average molecular weight is 415 g/mol. The van der Waals surface area contributed by atoms with Crippen LogP contribution in [0, 0.1) is 0 Å². The Morgan fingerprint density at radius 2 is 1.76 bits per heavy atom. The van der Waals surface area contributed by atoms with Gasteiger partial charge in [0.15, 0.2) is 6.61 Å². The Bertz CT molecular complexity index is 803. The van der Waals surface area contributed by atoms with Crippen LogP contribution in [0.1, 0.15) is 10.4 Å². The minimum atomic E-state index is -4.55. The van der Waals surface area contributed by atoms with E-state index in [1.807, 2.05) is 0 Å². The summed E-state index contributed by atoms with van der Waals surface area (Å²) in [5, 5.41) is 17.6. The molecular weight excluding hydrogens is 395 g/mol. The molecule has 29 heavy (non-hydrogen) atoms. The zero-order valence-corrected chi connectivity index (χ0v) is 15.2. The zero-order valence-electron chi connectivity index (χ0n) is 15.2. The molecule has 0 unspecified atom stereocenters. The number of anilines is 3. The molecule has 13 heteroatoms. The van der Waals surface area contributed by atoms with Gasteiger partial charge in [-0.1, -0.05) is 0 Å².